The average Bonchev–Trinajstić information content (AvgIpc) is 3.18. The number of anilines is 1. The van der Waals surface area contributed by atoms with E-state index >= 15 is 0 Å². The van der Waals surface area contributed by atoms with Crippen molar-refractivity contribution in [2.45, 2.75) is 97.9 Å². The van der Waals surface area contributed by atoms with Crippen molar-refractivity contribution < 1.29 is 44.3 Å². The largest absolute Gasteiger partial charge is 0.462 e. The van der Waals surface area contributed by atoms with Gasteiger partial charge in [-0.3, -0.25) is 14.9 Å². The third-order valence-electron chi connectivity index (χ3n) is 10.8. The van der Waals surface area contributed by atoms with Crippen molar-refractivity contribution in [2.75, 3.05) is 5.32 Å². The fourth-order valence-electron chi connectivity index (χ4n) is 6.92. The smallest absolute Gasteiger partial charge is 0.411 e. The van der Waals surface area contributed by atoms with E-state index in [1.54, 1.807) is 86.7 Å². The number of ether oxygens (including phenoxy) is 2. The van der Waals surface area contributed by atoms with Crippen LogP contribution in [0.25, 0.3) is 0 Å². The number of allylic oxidation sites excluding steroid dienone is 3. The van der Waals surface area contributed by atoms with Gasteiger partial charge >= 0.3 is 12.1 Å². The molecule has 300 valence electrons. The van der Waals surface area contributed by atoms with Gasteiger partial charge in [-0.15, -0.1) is 0 Å². The summed E-state index contributed by atoms with van der Waals surface area (Å²) in [7, 11) is 0. The van der Waals surface area contributed by atoms with Gasteiger partial charge in [0.1, 0.15) is 12.2 Å². The molecule has 1 aliphatic heterocycles. The van der Waals surface area contributed by atoms with E-state index in [0.717, 1.165) is 0 Å². The zero-order chi connectivity index (χ0) is 40.8. The number of rotatable bonds is 19. The van der Waals surface area contributed by atoms with Gasteiger partial charge in [-0.1, -0.05) is 121 Å². The normalized spacial score (nSPS) is 23.9. The van der Waals surface area contributed by atoms with Gasteiger partial charge in [-0.25, -0.2) is 4.79 Å². The minimum Gasteiger partial charge on any atom is -0.462 e. The number of amides is 1. The second-order valence-electron chi connectivity index (χ2n) is 15.2. The maximum absolute atomic E-state index is 13.1. The zero-order valence-corrected chi connectivity index (χ0v) is 33.2. The molecular formula is C45H61NO9. The maximum atomic E-state index is 13.1. The summed E-state index contributed by atoms with van der Waals surface area (Å²) in [6.45, 7) is 16.6. The van der Waals surface area contributed by atoms with Gasteiger partial charge in [0.2, 0.25) is 0 Å². The third kappa shape index (κ3) is 13.1. The molecule has 0 bridgehead atoms. The minimum absolute atomic E-state index is 0.122. The Balaban J connectivity index is 1.55. The van der Waals surface area contributed by atoms with Crippen LogP contribution in [0.1, 0.15) is 77.2 Å². The highest BCUT2D eigenvalue weighted by molar-refractivity contribution is 6.09. The van der Waals surface area contributed by atoms with Gasteiger partial charge in [-0.05, 0) is 43.5 Å². The Bertz CT molecular complexity index is 1620. The van der Waals surface area contributed by atoms with Crippen molar-refractivity contribution in [3.8, 4) is 0 Å². The van der Waals surface area contributed by atoms with E-state index < -0.39 is 60.5 Å². The summed E-state index contributed by atoms with van der Waals surface area (Å²) in [6, 6.07) is 15.5. The molecule has 0 aliphatic carbocycles. The summed E-state index contributed by atoms with van der Waals surface area (Å²) >= 11 is 0. The quantitative estimate of drug-likeness (QED) is 0.0429. The van der Waals surface area contributed by atoms with Crippen LogP contribution in [0.15, 0.2) is 104 Å². The second kappa shape index (κ2) is 21.7. The van der Waals surface area contributed by atoms with Crippen LogP contribution in [0.2, 0.25) is 0 Å². The first-order valence-electron chi connectivity index (χ1n) is 19.3. The van der Waals surface area contributed by atoms with E-state index in [9.17, 15) is 34.8 Å². The van der Waals surface area contributed by atoms with Crippen LogP contribution in [0.3, 0.4) is 0 Å². The Labute approximate surface area is 326 Å². The fourth-order valence-corrected chi connectivity index (χ4v) is 6.92. The van der Waals surface area contributed by atoms with E-state index in [0.29, 0.717) is 23.2 Å². The molecule has 2 aromatic carbocycles. The van der Waals surface area contributed by atoms with Gasteiger partial charge in [0.25, 0.3) is 0 Å². The van der Waals surface area contributed by atoms with Crippen molar-refractivity contribution in [1.29, 1.82) is 0 Å². The third-order valence-corrected chi connectivity index (χ3v) is 10.8. The van der Waals surface area contributed by atoms with E-state index in [1.807, 2.05) is 58.9 Å². The Morgan fingerprint density at radius 3 is 2.11 bits per heavy atom. The summed E-state index contributed by atoms with van der Waals surface area (Å²) in [5.41, 5.74) is 1.52. The molecule has 10 heteroatoms. The topological polar surface area (TPSA) is 163 Å². The van der Waals surface area contributed by atoms with Gasteiger partial charge in [0.15, 0.2) is 5.78 Å². The molecule has 1 heterocycles. The predicted octanol–water partition coefficient (Wildman–Crippen LogP) is 7.29. The van der Waals surface area contributed by atoms with Crippen molar-refractivity contribution >= 4 is 23.5 Å². The van der Waals surface area contributed by atoms with Crippen LogP contribution in [0, 0.1) is 41.4 Å². The predicted molar refractivity (Wildman–Crippen MR) is 215 cm³/mol. The van der Waals surface area contributed by atoms with E-state index in [1.165, 1.54) is 0 Å². The molecule has 1 saturated heterocycles. The van der Waals surface area contributed by atoms with Crippen LogP contribution in [-0.4, -0.2) is 74.9 Å². The molecule has 10 nitrogen and oxygen atoms in total. The van der Waals surface area contributed by atoms with Gasteiger partial charge in [0, 0.05) is 52.8 Å². The Kier molecular flexibility index (Phi) is 17.7. The first-order valence-corrected chi connectivity index (χ1v) is 19.3. The molecule has 0 unspecified atom stereocenters. The average molecular weight is 760 g/mol. The summed E-state index contributed by atoms with van der Waals surface area (Å²) < 4.78 is 11.4. The summed E-state index contributed by atoms with van der Waals surface area (Å²) in [5, 5.41) is 46.1. The first kappa shape index (κ1) is 45.0. The standard InChI is InChI=1S/C45H61NO9/c1-9-10-15-30(5)43(55-45(53)46-36-23-21-35(22-24-36)42(51)34-18-12-11-13-19-34)32(7)40(49)28(3)17-14-16-27(2)39(48)29(4)20-25-37(47)26-38-31(6)41(50)33(8)44(52)54-38/h9-16,18-25,27-33,37-41,43,47-50H,1,17,26H2,2-8H3,(H,46,53)/b15-10-,16-14-,25-20-/t27-,28-,29-,30-,31-,32-,33+,37+,38-,39-,40+,41-,43-/m0/s1. The monoisotopic (exact) mass is 759 g/mol. The number of hydrogen-bond donors (Lipinski definition) is 5. The van der Waals surface area contributed by atoms with E-state index in [-0.39, 0.29) is 41.8 Å². The van der Waals surface area contributed by atoms with Gasteiger partial charge < -0.3 is 29.9 Å². The van der Waals surface area contributed by atoms with Gasteiger partial charge in [-0.2, -0.15) is 0 Å². The number of aliphatic hydroxyl groups is 4. The highest BCUT2D eigenvalue weighted by Gasteiger charge is 2.41. The minimum atomic E-state index is -0.914. The lowest BCUT2D eigenvalue weighted by Crippen LogP contribution is -2.47. The Hall–Kier alpha value is -4.35. The fraction of sp³-hybridized carbons (Fsp3) is 0.489. The Morgan fingerprint density at radius 1 is 0.855 bits per heavy atom. The van der Waals surface area contributed by atoms with Crippen LogP contribution in [-0.2, 0) is 14.3 Å². The van der Waals surface area contributed by atoms with Crippen LogP contribution >= 0.6 is 0 Å². The number of hydrogen-bond acceptors (Lipinski definition) is 9. The number of esters is 1. The van der Waals surface area contributed by atoms with E-state index in [4.69, 9.17) is 9.47 Å². The first-order chi connectivity index (χ1) is 26.0. The second-order valence-corrected chi connectivity index (χ2v) is 15.2. The van der Waals surface area contributed by atoms with E-state index in [2.05, 4.69) is 11.9 Å². The van der Waals surface area contributed by atoms with Gasteiger partial charge in [0.05, 0.1) is 30.3 Å². The molecule has 1 aliphatic rings. The molecule has 1 fully saturated rings. The number of aliphatic hydroxyl groups excluding tert-OH is 4. The number of nitrogens with one attached hydrogen (secondary N) is 1. The molecule has 0 radical (unpaired) electrons. The number of cyclic esters (lactones) is 1. The van der Waals surface area contributed by atoms with Crippen LogP contribution in [0.5, 0.6) is 0 Å². The zero-order valence-electron chi connectivity index (χ0n) is 33.2. The number of carbonyl (C=O) groups excluding carboxylic acids is 3. The highest BCUT2D eigenvalue weighted by Crippen LogP contribution is 2.30. The molecule has 1 amide bonds. The number of benzene rings is 2. The van der Waals surface area contributed by atoms with Crippen LogP contribution < -0.4 is 5.32 Å². The molecule has 3 rings (SSSR count). The van der Waals surface area contributed by atoms with Crippen molar-refractivity contribution in [1.82, 2.24) is 0 Å². The summed E-state index contributed by atoms with van der Waals surface area (Å²) in [6.07, 6.45) is 7.82. The lowest BCUT2D eigenvalue weighted by atomic mass is 9.82. The van der Waals surface area contributed by atoms with Crippen molar-refractivity contribution in [3.63, 3.8) is 0 Å². The lowest BCUT2D eigenvalue weighted by Gasteiger charge is -2.36. The van der Waals surface area contributed by atoms with Crippen LogP contribution in [0.4, 0.5) is 10.5 Å². The molecule has 0 aromatic heterocycles. The number of ketones is 1. The van der Waals surface area contributed by atoms with Crippen molar-refractivity contribution in [3.05, 3.63) is 115 Å². The molecule has 5 N–H and O–H groups in total. The highest BCUT2D eigenvalue weighted by atomic mass is 16.6. The summed E-state index contributed by atoms with van der Waals surface area (Å²) in [5.74, 6) is -2.94. The maximum Gasteiger partial charge on any atom is 0.411 e. The molecule has 2 aromatic rings. The lowest BCUT2D eigenvalue weighted by molar-refractivity contribution is -0.179. The molecule has 55 heavy (non-hydrogen) atoms. The molecular weight excluding hydrogens is 698 g/mol. The number of carbonyl (C=O) groups is 3. The Morgan fingerprint density at radius 2 is 1.47 bits per heavy atom. The van der Waals surface area contributed by atoms with Crippen molar-refractivity contribution in [2.24, 2.45) is 41.4 Å². The summed E-state index contributed by atoms with van der Waals surface area (Å²) in [4.78, 5) is 37.9. The SMILES string of the molecule is C=C/C=C\[C@H](C)[C@H](OC(=O)Nc1ccc(C(=O)c2ccccc2)cc1)[C@@H](C)[C@H](O)[C@@H](C)C/C=C\[C@H](C)[C@H](O)[C@@H](C)/C=C\[C@@H](O)C[C@@H]1OC(=O)[C@H](C)[C@@H](O)[C@H]1C. The molecule has 0 spiro atoms. The molecule has 13 atom stereocenters. The molecule has 0 saturated carbocycles.